The van der Waals surface area contributed by atoms with Crippen LogP contribution in [0.1, 0.15) is 81.2 Å². The van der Waals surface area contributed by atoms with Crippen LogP contribution in [0.2, 0.25) is 0 Å². The van der Waals surface area contributed by atoms with Gasteiger partial charge >= 0.3 is 0 Å². The van der Waals surface area contributed by atoms with Gasteiger partial charge in [0, 0.05) is 0 Å². The lowest BCUT2D eigenvalue weighted by molar-refractivity contribution is -0.0848. The molecule has 2 aromatic rings. The molecule has 0 bridgehead atoms. The third kappa shape index (κ3) is 6.63. The Morgan fingerprint density at radius 3 is 2.03 bits per heavy atom. The number of benzene rings is 2. The first kappa shape index (κ1) is 25.5. The summed E-state index contributed by atoms with van der Waals surface area (Å²) in [7, 11) is 0. The van der Waals surface area contributed by atoms with Gasteiger partial charge in [0.25, 0.3) is 0 Å². The van der Waals surface area contributed by atoms with Gasteiger partial charge in [0.1, 0.15) is 0 Å². The topological polar surface area (TPSA) is 80.9 Å². The van der Waals surface area contributed by atoms with Crippen LogP contribution in [0.5, 0.6) is 0 Å². The molecule has 0 aliphatic rings. The molecular formula is C27H40O4. The molecule has 0 aliphatic carbocycles. The van der Waals surface area contributed by atoms with Gasteiger partial charge in [-0.3, -0.25) is 0 Å². The molecule has 0 saturated carbocycles. The van der Waals surface area contributed by atoms with Crippen molar-refractivity contribution in [2.24, 2.45) is 0 Å². The van der Waals surface area contributed by atoms with Crippen LogP contribution in [-0.4, -0.2) is 32.1 Å². The first-order valence-electron chi connectivity index (χ1n) is 11.5. The van der Waals surface area contributed by atoms with E-state index in [1.807, 2.05) is 32.0 Å². The van der Waals surface area contributed by atoms with Gasteiger partial charge in [-0.25, -0.2) is 0 Å². The van der Waals surface area contributed by atoms with Gasteiger partial charge in [0.15, 0.2) is 0 Å². The van der Waals surface area contributed by atoms with Gasteiger partial charge in [-0.1, -0.05) is 70.2 Å². The van der Waals surface area contributed by atoms with Crippen molar-refractivity contribution >= 4 is 0 Å². The molecule has 1 atom stereocenters. The number of hydrogen-bond acceptors (Lipinski definition) is 4. The van der Waals surface area contributed by atoms with Crippen LogP contribution in [0, 0.1) is 0 Å². The van der Waals surface area contributed by atoms with Gasteiger partial charge in [-0.2, -0.15) is 0 Å². The Morgan fingerprint density at radius 1 is 0.839 bits per heavy atom. The van der Waals surface area contributed by atoms with E-state index < -0.39 is 11.7 Å². The molecule has 0 heterocycles. The summed E-state index contributed by atoms with van der Waals surface area (Å²) in [6, 6.07) is 14.5. The fraction of sp³-hybridized carbons (Fsp3) is 0.556. The first-order valence-corrected chi connectivity index (χ1v) is 11.5. The number of rotatable bonds is 12. The van der Waals surface area contributed by atoms with E-state index in [4.69, 9.17) is 0 Å². The van der Waals surface area contributed by atoms with E-state index in [2.05, 4.69) is 38.1 Å². The Morgan fingerprint density at radius 2 is 1.45 bits per heavy atom. The summed E-state index contributed by atoms with van der Waals surface area (Å²) in [5, 5.41) is 40.0. The van der Waals surface area contributed by atoms with Crippen molar-refractivity contribution in [3.63, 3.8) is 0 Å². The predicted octanol–water partition coefficient (Wildman–Crippen LogP) is 4.43. The van der Waals surface area contributed by atoms with Crippen LogP contribution in [-0.2, 0) is 31.5 Å². The Labute approximate surface area is 187 Å². The number of hydrogen-bond donors (Lipinski definition) is 4. The van der Waals surface area contributed by atoms with E-state index in [1.54, 1.807) is 0 Å². The lowest BCUT2D eigenvalue weighted by Crippen LogP contribution is -2.41. The van der Waals surface area contributed by atoms with Crippen molar-refractivity contribution in [2.75, 3.05) is 0 Å². The maximum atomic E-state index is 10.6. The standard InChI is InChI=1S/C27H40O4/c1-5-27(31,6-2)25(30)14-15-26(3,4)24-9-7-8-20(17-24)10-11-21-12-13-22(18-28)23(16-21)19-29/h7-9,12-13,16-17,25,28-31H,5-6,10-11,14-15,18-19H2,1-4H3. The highest BCUT2D eigenvalue weighted by Crippen LogP contribution is 2.32. The van der Waals surface area contributed by atoms with E-state index in [0.717, 1.165) is 36.0 Å². The van der Waals surface area contributed by atoms with Crippen molar-refractivity contribution in [3.05, 3.63) is 70.3 Å². The quantitative estimate of drug-likeness (QED) is 0.403. The molecule has 172 valence electrons. The number of aryl methyl sites for hydroxylation is 2. The van der Waals surface area contributed by atoms with Crippen molar-refractivity contribution in [1.82, 2.24) is 0 Å². The molecule has 4 nitrogen and oxygen atoms in total. The van der Waals surface area contributed by atoms with Crippen molar-refractivity contribution in [3.8, 4) is 0 Å². The molecule has 4 heteroatoms. The molecule has 0 aliphatic heterocycles. The molecule has 31 heavy (non-hydrogen) atoms. The summed E-state index contributed by atoms with van der Waals surface area (Å²) in [6.07, 6.45) is 3.50. The highest BCUT2D eigenvalue weighted by Gasteiger charge is 2.33. The van der Waals surface area contributed by atoms with Crippen molar-refractivity contribution in [1.29, 1.82) is 0 Å². The summed E-state index contributed by atoms with van der Waals surface area (Å²) in [4.78, 5) is 0. The summed E-state index contributed by atoms with van der Waals surface area (Å²) >= 11 is 0. The molecule has 0 aromatic heterocycles. The van der Waals surface area contributed by atoms with E-state index in [9.17, 15) is 20.4 Å². The SMILES string of the molecule is CCC(O)(CC)C(O)CCC(C)(C)c1cccc(CCc2ccc(CO)c(CO)c2)c1. The summed E-state index contributed by atoms with van der Waals surface area (Å²) in [5.41, 5.74) is 4.08. The van der Waals surface area contributed by atoms with Crippen LogP contribution >= 0.6 is 0 Å². The molecule has 0 spiro atoms. The van der Waals surface area contributed by atoms with Gasteiger partial charge < -0.3 is 20.4 Å². The molecular weight excluding hydrogens is 388 g/mol. The Balaban J connectivity index is 2.05. The molecule has 0 saturated heterocycles. The minimum atomic E-state index is -1.00. The normalized spacial score (nSPS) is 13.4. The monoisotopic (exact) mass is 428 g/mol. The van der Waals surface area contributed by atoms with Gasteiger partial charge in [0.05, 0.1) is 24.9 Å². The Kier molecular flexibility index (Phi) is 9.26. The van der Waals surface area contributed by atoms with Crippen LogP contribution in [0.15, 0.2) is 42.5 Å². The predicted molar refractivity (Wildman–Crippen MR) is 126 cm³/mol. The fourth-order valence-electron chi connectivity index (χ4n) is 4.20. The van der Waals surface area contributed by atoms with Crippen molar-refractivity contribution in [2.45, 2.75) is 96.6 Å². The summed E-state index contributed by atoms with van der Waals surface area (Å²) < 4.78 is 0. The van der Waals surface area contributed by atoms with Crippen LogP contribution in [0.3, 0.4) is 0 Å². The molecule has 0 amide bonds. The van der Waals surface area contributed by atoms with E-state index in [-0.39, 0.29) is 18.6 Å². The lowest BCUT2D eigenvalue weighted by atomic mass is 9.77. The van der Waals surface area contributed by atoms with Gasteiger partial charge in [0.2, 0.25) is 0 Å². The third-order valence-corrected chi connectivity index (χ3v) is 6.91. The second-order valence-electron chi connectivity index (χ2n) is 9.37. The van der Waals surface area contributed by atoms with E-state index in [0.29, 0.717) is 19.3 Å². The minimum Gasteiger partial charge on any atom is -0.392 e. The van der Waals surface area contributed by atoms with Crippen molar-refractivity contribution < 1.29 is 20.4 Å². The van der Waals surface area contributed by atoms with Crippen LogP contribution < -0.4 is 0 Å². The Hall–Kier alpha value is -1.72. The summed E-state index contributed by atoms with van der Waals surface area (Å²) in [6.45, 7) is 8.10. The van der Waals surface area contributed by atoms with Gasteiger partial charge in [-0.15, -0.1) is 0 Å². The Bertz CT molecular complexity index is 824. The molecule has 1 unspecified atom stereocenters. The zero-order chi connectivity index (χ0) is 23.1. The zero-order valence-electron chi connectivity index (χ0n) is 19.6. The smallest absolute Gasteiger partial charge is 0.0900 e. The van der Waals surface area contributed by atoms with E-state index in [1.165, 1.54) is 11.1 Å². The zero-order valence-corrected chi connectivity index (χ0v) is 19.6. The molecule has 2 aromatic carbocycles. The molecule has 4 N–H and O–H groups in total. The highest BCUT2D eigenvalue weighted by atomic mass is 16.3. The fourth-order valence-corrected chi connectivity index (χ4v) is 4.20. The molecule has 2 rings (SSSR count). The third-order valence-electron chi connectivity index (χ3n) is 6.91. The van der Waals surface area contributed by atoms with Crippen LogP contribution in [0.4, 0.5) is 0 Å². The second-order valence-corrected chi connectivity index (χ2v) is 9.37. The maximum Gasteiger partial charge on any atom is 0.0900 e. The molecule has 0 radical (unpaired) electrons. The summed E-state index contributed by atoms with van der Waals surface area (Å²) in [5.74, 6) is 0. The average Bonchev–Trinajstić information content (AvgIpc) is 2.80. The maximum absolute atomic E-state index is 10.6. The number of aliphatic hydroxyl groups excluding tert-OH is 3. The first-order chi connectivity index (χ1) is 14.7. The average molecular weight is 429 g/mol. The largest absolute Gasteiger partial charge is 0.392 e. The van der Waals surface area contributed by atoms with Crippen LogP contribution in [0.25, 0.3) is 0 Å². The van der Waals surface area contributed by atoms with Gasteiger partial charge in [-0.05, 0) is 71.8 Å². The number of aliphatic hydroxyl groups is 4. The minimum absolute atomic E-state index is 0.0596. The highest BCUT2D eigenvalue weighted by molar-refractivity contribution is 5.33. The lowest BCUT2D eigenvalue weighted by Gasteiger charge is -2.34. The second kappa shape index (κ2) is 11.2. The van der Waals surface area contributed by atoms with E-state index >= 15 is 0 Å². The molecule has 0 fully saturated rings.